The Balaban J connectivity index is 1.74. The van der Waals surface area contributed by atoms with Gasteiger partial charge in [-0.3, -0.25) is 0 Å². The van der Waals surface area contributed by atoms with E-state index < -0.39 is 0 Å². The van der Waals surface area contributed by atoms with Crippen LogP contribution in [0.25, 0.3) is 28.4 Å². The Morgan fingerprint density at radius 1 is 0.920 bits per heavy atom. The fourth-order valence-electron chi connectivity index (χ4n) is 2.79. The third-order valence-electron chi connectivity index (χ3n) is 4.02. The molecule has 0 bridgehead atoms. The second-order valence-corrected chi connectivity index (χ2v) is 5.73. The quantitative estimate of drug-likeness (QED) is 0.550. The van der Waals surface area contributed by atoms with Crippen molar-refractivity contribution in [2.24, 2.45) is 0 Å². The molecule has 0 fully saturated rings. The number of nitrogens with zero attached hydrogens (tertiary/aromatic N) is 4. The molecular formula is C20H12N4O. The summed E-state index contributed by atoms with van der Waals surface area (Å²) in [5.41, 5.74) is 4.54. The van der Waals surface area contributed by atoms with E-state index in [2.05, 4.69) is 17.1 Å². The van der Waals surface area contributed by atoms with Gasteiger partial charge in [-0.05, 0) is 55.0 Å². The summed E-state index contributed by atoms with van der Waals surface area (Å²) in [6.07, 6.45) is 3.61. The lowest BCUT2D eigenvalue weighted by Crippen LogP contribution is -1.88. The van der Waals surface area contributed by atoms with E-state index in [1.165, 1.54) is 0 Å². The SMILES string of the molecule is Cc1cc(C#N)cn2cc(-c3ccc(-c4ccc(C#N)cc4)o3)nc12. The molecule has 3 heterocycles. The molecule has 1 aromatic carbocycles. The first-order valence-corrected chi connectivity index (χ1v) is 7.68. The van der Waals surface area contributed by atoms with Crippen LogP contribution in [0.3, 0.4) is 0 Å². The summed E-state index contributed by atoms with van der Waals surface area (Å²) in [6, 6.07) is 17.0. The van der Waals surface area contributed by atoms with Crippen LogP contribution in [0.2, 0.25) is 0 Å². The number of furan rings is 1. The summed E-state index contributed by atoms with van der Waals surface area (Å²) in [4.78, 5) is 4.61. The van der Waals surface area contributed by atoms with Gasteiger partial charge in [-0.2, -0.15) is 10.5 Å². The molecule has 5 heteroatoms. The highest BCUT2D eigenvalue weighted by molar-refractivity contribution is 5.66. The Kier molecular flexibility index (Phi) is 3.34. The molecule has 0 aliphatic heterocycles. The van der Waals surface area contributed by atoms with Gasteiger partial charge in [-0.15, -0.1) is 0 Å². The monoisotopic (exact) mass is 324 g/mol. The highest BCUT2D eigenvalue weighted by Crippen LogP contribution is 2.29. The van der Waals surface area contributed by atoms with Crippen molar-refractivity contribution in [2.45, 2.75) is 6.92 Å². The Morgan fingerprint density at radius 3 is 2.36 bits per heavy atom. The maximum Gasteiger partial charge on any atom is 0.154 e. The average Bonchev–Trinajstić information content (AvgIpc) is 3.28. The molecule has 0 N–H and O–H groups in total. The zero-order valence-corrected chi connectivity index (χ0v) is 13.4. The number of fused-ring (bicyclic) bond motifs is 1. The molecule has 4 rings (SSSR count). The van der Waals surface area contributed by atoms with E-state index in [9.17, 15) is 0 Å². The van der Waals surface area contributed by atoms with Gasteiger partial charge in [0.1, 0.15) is 23.2 Å². The molecule has 0 aliphatic carbocycles. The van der Waals surface area contributed by atoms with Gasteiger partial charge in [0, 0.05) is 18.0 Å². The summed E-state index contributed by atoms with van der Waals surface area (Å²) < 4.78 is 7.77. The first-order valence-electron chi connectivity index (χ1n) is 7.68. The van der Waals surface area contributed by atoms with Crippen molar-refractivity contribution in [1.29, 1.82) is 10.5 Å². The van der Waals surface area contributed by atoms with Crippen LogP contribution in [-0.4, -0.2) is 9.38 Å². The van der Waals surface area contributed by atoms with E-state index >= 15 is 0 Å². The normalized spacial score (nSPS) is 10.5. The number of rotatable bonds is 2. The first kappa shape index (κ1) is 14.7. The number of nitriles is 2. The van der Waals surface area contributed by atoms with E-state index in [1.54, 1.807) is 18.3 Å². The number of pyridine rings is 1. The van der Waals surface area contributed by atoms with Crippen molar-refractivity contribution in [3.8, 4) is 34.9 Å². The van der Waals surface area contributed by atoms with Gasteiger partial charge in [0.05, 0.1) is 17.2 Å². The minimum atomic E-state index is 0.590. The largest absolute Gasteiger partial charge is 0.454 e. The standard InChI is InChI=1S/C20H12N4O/c1-13-8-15(10-22)11-24-12-17(23-20(13)24)19-7-6-18(25-19)16-4-2-14(9-21)3-5-16/h2-8,11-12H,1H3. The Morgan fingerprint density at radius 2 is 1.64 bits per heavy atom. The number of hydrogen-bond acceptors (Lipinski definition) is 4. The zero-order valence-electron chi connectivity index (χ0n) is 13.4. The van der Waals surface area contributed by atoms with Crippen molar-refractivity contribution in [3.05, 3.63) is 71.5 Å². The summed E-state index contributed by atoms with van der Waals surface area (Å²) >= 11 is 0. The summed E-state index contributed by atoms with van der Waals surface area (Å²) in [6.45, 7) is 1.93. The smallest absolute Gasteiger partial charge is 0.154 e. The first-order chi connectivity index (χ1) is 12.2. The Bertz CT molecular complexity index is 1170. The van der Waals surface area contributed by atoms with Crippen LogP contribution in [0.4, 0.5) is 0 Å². The second kappa shape index (κ2) is 5.67. The molecule has 0 amide bonds. The third kappa shape index (κ3) is 2.54. The minimum absolute atomic E-state index is 0.590. The van der Waals surface area contributed by atoms with Gasteiger partial charge in [0.2, 0.25) is 0 Å². The number of aromatic nitrogens is 2. The van der Waals surface area contributed by atoms with Gasteiger partial charge in [0.15, 0.2) is 5.76 Å². The molecule has 0 saturated heterocycles. The summed E-state index contributed by atoms with van der Waals surface area (Å²) in [7, 11) is 0. The zero-order chi connectivity index (χ0) is 17.4. The molecule has 5 nitrogen and oxygen atoms in total. The van der Waals surface area contributed by atoms with Gasteiger partial charge < -0.3 is 8.82 Å². The molecule has 0 spiro atoms. The lowest BCUT2D eigenvalue weighted by molar-refractivity contribution is 0.595. The van der Waals surface area contributed by atoms with E-state index in [0.717, 1.165) is 16.8 Å². The van der Waals surface area contributed by atoms with Crippen molar-refractivity contribution in [2.75, 3.05) is 0 Å². The topological polar surface area (TPSA) is 78.0 Å². The molecule has 3 aromatic heterocycles. The maximum absolute atomic E-state index is 9.09. The molecule has 0 saturated carbocycles. The van der Waals surface area contributed by atoms with Crippen molar-refractivity contribution < 1.29 is 4.42 Å². The van der Waals surface area contributed by atoms with Crippen LogP contribution < -0.4 is 0 Å². The van der Waals surface area contributed by atoms with Crippen LogP contribution in [0.5, 0.6) is 0 Å². The van der Waals surface area contributed by atoms with E-state index in [1.807, 2.05) is 47.9 Å². The average molecular weight is 324 g/mol. The maximum atomic E-state index is 9.09. The van der Waals surface area contributed by atoms with Gasteiger partial charge in [0.25, 0.3) is 0 Å². The van der Waals surface area contributed by atoms with Crippen LogP contribution >= 0.6 is 0 Å². The van der Waals surface area contributed by atoms with Gasteiger partial charge >= 0.3 is 0 Å². The lowest BCUT2D eigenvalue weighted by atomic mass is 10.1. The third-order valence-corrected chi connectivity index (χ3v) is 4.02. The van der Waals surface area contributed by atoms with E-state index in [0.29, 0.717) is 28.3 Å². The van der Waals surface area contributed by atoms with E-state index in [-0.39, 0.29) is 0 Å². The second-order valence-electron chi connectivity index (χ2n) is 5.73. The fourth-order valence-corrected chi connectivity index (χ4v) is 2.79. The highest BCUT2D eigenvalue weighted by atomic mass is 16.3. The number of hydrogen-bond donors (Lipinski definition) is 0. The predicted molar refractivity (Wildman–Crippen MR) is 92.5 cm³/mol. The van der Waals surface area contributed by atoms with Crippen LogP contribution in [0.1, 0.15) is 16.7 Å². The number of imidazole rings is 1. The number of benzene rings is 1. The van der Waals surface area contributed by atoms with Crippen molar-refractivity contribution in [3.63, 3.8) is 0 Å². The predicted octanol–water partition coefficient (Wildman–Crippen LogP) is 4.31. The Hall–Kier alpha value is -3.83. The minimum Gasteiger partial charge on any atom is -0.454 e. The molecule has 4 aromatic rings. The Labute approximate surface area is 144 Å². The molecular weight excluding hydrogens is 312 g/mol. The van der Waals surface area contributed by atoms with Gasteiger partial charge in [-0.25, -0.2) is 4.98 Å². The summed E-state index contributed by atoms with van der Waals surface area (Å²) in [5, 5.41) is 18.0. The summed E-state index contributed by atoms with van der Waals surface area (Å²) in [5.74, 6) is 1.37. The molecule has 0 aliphatic rings. The van der Waals surface area contributed by atoms with Crippen LogP contribution in [-0.2, 0) is 0 Å². The fraction of sp³-hybridized carbons (Fsp3) is 0.0500. The van der Waals surface area contributed by atoms with Crippen molar-refractivity contribution >= 4 is 5.65 Å². The highest BCUT2D eigenvalue weighted by Gasteiger charge is 2.12. The molecule has 25 heavy (non-hydrogen) atoms. The molecule has 0 unspecified atom stereocenters. The molecule has 118 valence electrons. The molecule has 0 atom stereocenters. The van der Waals surface area contributed by atoms with Crippen LogP contribution in [0.15, 0.2) is 59.3 Å². The number of aryl methyl sites for hydroxylation is 1. The van der Waals surface area contributed by atoms with E-state index in [4.69, 9.17) is 14.9 Å². The molecule has 0 radical (unpaired) electrons. The van der Waals surface area contributed by atoms with Crippen LogP contribution in [0, 0.1) is 29.6 Å². The van der Waals surface area contributed by atoms with Gasteiger partial charge in [-0.1, -0.05) is 0 Å². The lowest BCUT2D eigenvalue weighted by Gasteiger charge is -1.97. The van der Waals surface area contributed by atoms with Crippen molar-refractivity contribution in [1.82, 2.24) is 9.38 Å².